The Morgan fingerprint density at radius 2 is 1.20 bits per heavy atom. The van der Waals surface area contributed by atoms with Crippen LogP contribution in [0.3, 0.4) is 0 Å². The second-order valence-corrected chi connectivity index (χ2v) is 2.48. The van der Waals surface area contributed by atoms with E-state index in [1.165, 1.54) is 0 Å². The number of aliphatic carboxylic acids is 3. The Morgan fingerprint density at radius 3 is 1.33 bits per heavy atom. The Kier molecular flexibility index (Phi) is 10.6. The van der Waals surface area contributed by atoms with Crippen molar-refractivity contribution in [2.75, 3.05) is 0 Å². The molecule has 0 aromatic carbocycles. The number of halogens is 1. The van der Waals surface area contributed by atoms with Crippen LogP contribution in [0.25, 0.3) is 0 Å². The number of aliphatic hydroxyl groups is 1. The van der Waals surface area contributed by atoms with Crippen LogP contribution in [0.1, 0.15) is 12.8 Å². The van der Waals surface area contributed by atoms with Crippen molar-refractivity contribution in [3.8, 4) is 0 Å². The molecular formula is C6H10ClNaO7. The predicted octanol–water partition coefficient (Wildman–Crippen LogP) is -1.48. The molecule has 15 heavy (non-hydrogen) atoms. The van der Waals surface area contributed by atoms with Crippen LogP contribution in [0.2, 0.25) is 0 Å². The van der Waals surface area contributed by atoms with Gasteiger partial charge in [0.25, 0.3) is 0 Å². The fourth-order valence-corrected chi connectivity index (χ4v) is 0.714. The molecule has 4 N–H and O–H groups in total. The molecule has 0 aliphatic heterocycles. The van der Waals surface area contributed by atoms with E-state index in [9.17, 15) is 14.4 Å². The van der Waals surface area contributed by atoms with Crippen molar-refractivity contribution in [3.05, 3.63) is 0 Å². The van der Waals surface area contributed by atoms with E-state index in [2.05, 4.69) is 0 Å². The Balaban J connectivity index is -0.000000720. The van der Waals surface area contributed by atoms with E-state index < -0.39 is 36.4 Å². The van der Waals surface area contributed by atoms with Gasteiger partial charge in [0.2, 0.25) is 0 Å². The van der Waals surface area contributed by atoms with Crippen LogP contribution in [0.4, 0.5) is 0 Å². The quantitative estimate of drug-likeness (QED) is 0.439. The molecule has 0 radical (unpaired) electrons. The molecule has 0 spiro atoms. The summed E-state index contributed by atoms with van der Waals surface area (Å²) in [5, 5.41) is 33.8. The van der Waals surface area contributed by atoms with Gasteiger partial charge in [0.05, 0.1) is 12.8 Å². The van der Waals surface area contributed by atoms with E-state index in [-0.39, 0.29) is 42.0 Å². The van der Waals surface area contributed by atoms with E-state index in [4.69, 9.17) is 20.4 Å². The summed E-state index contributed by atoms with van der Waals surface area (Å²) in [4.78, 5) is 30.5. The van der Waals surface area contributed by atoms with Gasteiger partial charge in [0, 0.05) is 0 Å². The predicted molar refractivity (Wildman–Crippen MR) is 51.5 cm³/mol. The molecule has 0 unspecified atom stereocenters. The zero-order valence-electron chi connectivity index (χ0n) is 6.84. The summed E-state index contributed by atoms with van der Waals surface area (Å²) >= 11 is 0. The molecule has 0 atom stereocenters. The molecule has 0 fully saturated rings. The van der Waals surface area contributed by atoms with Gasteiger partial charge in [-0.3, -0.25) is 9.59 Å². The van der Waals surface area contributed by atoms with Gasteiger partial charge in [0.15, 0.2) is 5.60 Å². The summed E-state index contributed by atoms with van der Waals surface area (Å²) in [6.45, 7) is 0. The molecule has 0 saturated heterocycles. The Bertz CT molecular complexity index is 238. The van der Waals surface area contributed by atoms with Crippen molar-refractivity contribution in [1.82, 2.24) is 0 Å². The summed E-state index contributed by atoms with van der Waals surface area (Å²) in [7, 11) is 0. The zero-order chi connectivity index (χ0) is 10.6. The normalized spacial score (nSPS) is 9.40. The maximum absolute atomic E-state index is 10.3. The molecule has 0 amide bonds. The van der Waals surface area contributed by atoms with Crippen LogP contribution < -0.4 is 0 Å². The second-order valence-electron chi connectivity index (χ2n) is 2.48. The molecule has 0 saturated carbocycles. The van der Waals surface area contributed by atoms with Gasteiger partial charge >= 0.3 is 47.5 Å². The minimum atomic E-state index is -2.74. The molecular weight excluding hydrogens is 243 g/mol. The number of hydrogen-bond acceptors (Lipinski definition) is 4. The molecule has 0 bridgehead atoms. The molecule has 0 aromatic heterocycles. The van der Waals surface area contributed by atoms with E-state index in [1.807, 2.05) is 0 Å². The number of rotatable bonds is 5. The number of hydrogen-bond donors (Lipinski definition) is 4. The van der Waals surface area contributed by atoms with Crippen LogP contribution in [0.15, 0.2) is 0 Å². The Morgan fingerprint density at radius 1 is 0.933 bits per heavy atom. The van der Waals surface area contributed by atoms with E-state index in [0.29, 0.717) is 0 Å². The van der Waals surface area contributed by atoms with Crippen molar-refractivity contribution in [2.45, 2.75) is 18.4 Å². The number of carboxylic acids is 3. The van der Waals surface area contributed by atoms with Crippen LogP contribution in [-0.2, 0) is 14.4 Å². The summed E-state index contributed by atoms with van der Waals surface area (Å²) < 4.78 is 0. The first-order valence-electron chi connectivity index (χ1n) is 3.17. The van der Waals surface area contributed by atoms with Crippen molar-refractivity contribution in [1.29, 1.82) is 0 Å². The molecule has 0 heterocycles. The van der Waals surface area contributed by atoms with Crippen LogP contribution in [-0.4, -0.2) is 73.5 Å². The van der Waals surface area contributed by atoms with Crippen LogP contribution in [0, 0.1) is 0 Å². The van der Waals surface area contributed by atoms with Crippen LogP contribution >= 0.6 is 12.4 Å². The molecule has 0 aliphatic carbocycles. The van der Waals surface area contributed by atoms with Crippen molar-refractivity contribution in [3.63, 3.8) is 0 Å². The zero-order valence-corrected chi connectivity index (χ0v) is 7.65. The summed E-state index contributed by atoms with van der Waals surface area (Å²) in [5.41, 5.74) is -2.74. The molecule has 9 heteroatoms. The monoisotopic (exact) mass is 252 g/mol. The van der Waals surface area contributed by atoms with Gasteiger partial charge in [-0.2, -0.15) is 0 Å². The fraction of sp³-hybridized carbons (Fsp3) is 0.500. The Labute approximate surface area is 113 Å². The Hall–Kier alpha value is -0.340. The summed E-state index contributed by atoms with van der Waals surface area (Å²) in [6, 6.07) is 0. The minimum absolute atomic E-state index is 0. The van der Waals surface area contributed by atoms with Crippen molar-refractivity contribution < 1.29 is 34.8 Å². The van der Waals surface area contributed by atoms with Gasteiger partial charge in [0.1, 0.15) is 0 Å². The SMILES string of the molecule is Cl.O=C(O)CC(O)(CC(=O)O)C(=O)O.[NaH]. The van der Waals surface area contributed by atoms with Gasteiger partial charge in [-0.05, 0) is 0 Å². The first-order valence-corrected chi connectivity index (χ1v) is 3.17. The molecule has 0 aromatic rings. The van der Waals surface area contributed by atoms with Gasteiger partial charge in [-0.1, -0.05) is 0 Å². The third-order valence-corrected chi connectivity index (χ3v) is 1.29. The average molecular weight is 253 g/mol. The molecule has 84 valence electrons. The van der Waals surface area contributed by atoms with E-state index >= 15 is 0 Å². The first-order chi connectivity index (χ1) is 5.78. The molecule has 0 aliphatic rings. The van der Waals surface area contributed by atoms with E-state index in [1.54, 1.807) is 0 Å². The molecule has 7 nitrogen and oxygen atoms in total. The van der Waals surface area contributed by atoms with Gasteiger partial charge in [-0.15, -0.1) is 12.4 Å². The fourth-order valence-electron chi connectivity index (χ4n) is 0.714. The standard InChI is InChI=1S/C6H8O7.ClH.Na.H/c7-3(8)1-6(13,5(11)12)2-4(9)10;;;/h13H,1-2H2,(H,7,8)(H,9,10)(H,11,12);1H;;. The number of carboxylic acid groups (broad SMARTS) is 3. The first kappa shape index (κ1) is 20.1. The topological polar surface area (TPSA) is 132 Å². The summed E-state index contributed by atoms with van der Waals surface area (Å²) in [6.07, 6.45) is -2.29. The van der Waals surface area contributed by atoms with Crippen molar-refractivity contribution >= 4 is 59.9 Å². The molecule has 0 rings (SSSR count). The third-order valence-electron chi connectivity index (χ3n) is 1.29. The average Bonchev–Trinajstić information content (AvgIpc) is 1.82. The van der Waals surface area contributed by atoms with Crippen LogP contribution in [0.5, 0.6) is 0 Å². The van der Waals surface area contributed by atoms with Gasteiger partial charge in [-0.25, -0.2) is 4.79 Å². The van der Waals surface area contributed by atoms with Gasteiger partial charge < -0.3 is 20.4 Å². The maximum atomic E-state index is 10.3. The summed E-state index contributed by atoms with van der Waals surface area (Å²) in [5.74, 6) is -5.02. The third kappa shape index (κ3) is 7.57. The second kappa shape index (κ2) is 7.89. The van der Waals surface area contributed by atoms with E-state index in [0.717, 1.165) is 0 Å². The van der Waals surface area contributed by atoms with Crippen molar-refractivity contribution in [2.24, 2.45) is 0 Å². The number of carbonyl (C=O) groups is 3.